The quantitative estimate of drug-likeness (QED) is 0.694. The Labute approximate surface area is 88.7 Å². The topological polar surface area (TPSA) is 64.3 Å². The summed E-state index contributed by atoms with van der Waals surface area (Å²) in [5.74, 6) is -0.951. The lowest BCUT2D eigenvalue weighted by atomic mass is 10.4. The molecule has 1 aromatic heterocycles. The number of hydrogen-bond donors (Lipinski definition) is 1. The number of hydrogen-bond acceptors (Lipinski definition) is 3. The summed E-state index contributed by atoms with van der Waals surface area (Å²) in [6, 6.07) is 0. The maximum Gasteiger partial charge on any atom is 0.338 e. The Balaban J connectivity index is 2.23. The minimum Gasteiger partial charge on any atom is -0.478 e. The highest BCUT2D eigenvalue weighted by Gasteiger charge is 2.04. The second-order valence-electron chi connectivity index (χ2n) is 3.26. The predicted octanol–water partition coefficient (Wildman–Crippen LogP) is 1.40. The molecular weight excluding hydrogens is 196 g/mol. The molecule has 5 heteroatoms. The van der Waals surface area contributed by atoms with Crippen molar-refractivity contribution in [2.75, 3.05) is 13.2 Å². The molecule has 0 saturated carbocycles. The van der Waals surface area contributed by atoms with Crippen molar-refractivity contribution in [2.45, 2.75) is 26.3 Å². The van der Waals surface area contributed by atoms with E-state index in [4.69, 9.17) is 9.84 Å². The molecule has 5 nitrogen and oxygen atoms in total. The van der Waals surface area contributed by atoms with Gasteiger partial charge in [0.2, 0.25) is 0 Å². The summed E-state index contributed by atoms with van der Waals surface area (Å²) >= 11 is 0. The summed E-state index contributed by atoms with van der Waals surface area (Å²) in [5, 5.41) is 12.6. The number of carbonyl (C=O) groups is 1. The molecule has 1 aromatic rings. The fourth-order valence-electron chi connectivity index (χ4n) is 1.10. The van der Waals surface area contributed by atoms with Crippen molar-refractivity contribution < 1.29 is 14.6 Å². The first kappa shape index (κ1) is 11.7. The summed E-state index contributed by atoms with van der Waals surface area (Å²) in [7, 11) is 0. The molecule has 0 unspecified atom stereocenters. The summed E-state index contributed by atoms with van der Waals surface area (Å²) in [4.78, 5) is 10.5. The van der Waals surface area contributed by atoms with Crippen LogP contribution in [0.1, 0.15) is 30.1 Å². The normalized spacial score (nSPS) is 10.5. The summed E-state index contributed by atoms with van der Waals surface area (Å²) in [6.45, 7) is 4.03. The van der Waals surface area contributed by atoms with Crippen molar-refractivity contribution in [3.63, 3.8) is 0 Å². The number of carboxylic acids is 1. The molecule has 0 atom stereocenters. The van der Waals surface area contributed by atoms with Crippen LogP contribution in [0.4, 0.5) is 0 Å². The molecule has 0 aliphatic rings. The molecule has 1 heterocycles. The van der Waals surface area contributed by atoms with Gasteiger partial charge in [0.05, 0.1) is 24.9 Å². The number of unbranched alkanes of at least 4 members (excludes halogenated alkanes) is 1. The van der Waals surface area contributed by atoms with Crippen LogP contribution in [0.15, 0.2) is 12.4 Å². The van der Waals surface area contributed by atoms with Crippen LogP contribution in [-0.2, 0) is 11.3 Å². The smallest absolute Gasteiger partial charge is 0.338 e. The number of rotatable bonds is 7. The summed E-state index contributed by atoms with van der Waals surface area (Å²) in [6.07, 6.45) is 5.02. The molecule has 1 rings (SSSR count). The summed E-state index contributed by atoms with van der Waals surface area (Å²) < 4.78 is 6.92. The molecule has 0 spiro atoms. The number of ether oxygens (including phenoxy) is 1. The van der Waals surface area contributed by atoms with E-state index in [-0.39, 0.29) is 5.56 Å². The Morgan fingerprint density at radius 1 is 1.60 bits per heavy atom. The lowest BCUT2D eigenvalue weighted by molar-refractivity contribution is 0.0696. The first-order chi connectivity index (χ1) is 7.24. The average molecular weight is 212 g/mol. The van der Waals surface area contributed by atoms with E-state index in [1.165, 1.54) is 12.4 Å². The van der Waals surface area contributed by atoms with Gasteiger partial charge in [-0.3, -0.25) is 4.68 Å². The Morgan fingerprint density at radius 2 is 2.40 bits per heavy atom. The molecule has 0 aliphatic carbocycles. The van der Waals surface area contributed by atoms with Gasteiger partial charge in [0.25, 0.3) is 0 Å². The van der Waals surface area contributed by atoms with Crippen molar-refractivity contribution in [1.29, 1.82) is 0 Å². The van der Waals surface area contributed by atoms with E-state index in [9.17, 15) is 4.79 Å². The van der Waals surface area contributed by atoms with Crippen LogP contribution < -0.4 is 0 Å². The van der Waals surface area contributed by atoms with Gasteiger partial charge < -0.3 is 9.84 Å². The second kappa shape index (κ2) is 6.19. The van der Waals surface area contributed by atoms with Crippen LogP contribution in [0.5, 0.6) is 0 Å². The third-order valence-corrected chi connectivity index (χ3v) is 1.99. The number of aromatic carboxylic acids is 1. The number of nitrogens with zero attached hydrogens (tertiary/aromatic N) is 2. The third kappa shape index (κ3) is 4.12. The number of aromatic nitrogens is 2. The standard InChI is InChI=1S/C10H16N2O3/c1-2-3-5-15-6-4-12-8-9(7-11-12)10(13)14/h7-8H,2-6H2,1H3,(H,13,14). The van der Waals surface area contributed by atoms with Crippen LogP contribution in [0.3, 0.4) is 0 Å². The molecule has 0 bridgehead atoms. The minimum absolute atomic E-state index is 0.212. The first-order valence-electron chi connectivity index (χ1n) is 5.07. The molecule has 0 radical (unpaired) electrons. The van der Waals surface area contributed by atoms with Gasteiger partial charge in [-0.25, -0.2) is 4.79 Å². The third-order valence-electron chi connectivity index (χ3n) is 1.99. The average Bonchev–Trinajstić information content (AvgIpc) is 2.66. The molecule has 15 heavy (non-hydrogen) atoms. The molecule has 0 aliphatic heterocycles. The highest BCUT2D eigenvalue weighted by Crippen LogP contribution is 1.97. The van der Waals surface area contributed by atoms with E-state index >= 15 is 0 Å². The molecule has 84 valence electrons. The molecule has 0 saturated heterocycles. The number of carboxylic acid groups (broad SMARTS) is 1. The largest absolute Gasteiger partial charge is 0.478 e. The maximum absolute atomic E-state index is 10.5. The van der Waals surface area contributed by atoms with Gasteiger partial charge in [0, 0.05) is 12.8 Å². The van der Waals surface area contributed by atoms with E-state index < -0.39 is 5.97 Å². The van der Waals surface area contributed by atoms with E-state index in [2.05, 4.69) is 12.0 Å². The van der Waals surface area contributed by atoms with Gasteiger partial charge >= 0.3 is 5.97 Å². The molecule has 0 amide bonds. The van der Waals surface area contributed by atoms with Crippen LogP contribution in [0.25, 0.3) is 0 Å². The Bertz CT molecular complexity index is 309. The van der Waals surface area contributed by atoms with E-state index in [1.807, 2.05) is 0 Å². The second-order valence-corrected chi connectivity index (χ2v) is 3.26. The van der Waals surface area contributed by atoms with Crippen molar-refractivity contribution >= 4 is 5.97 Å². The van der Waals surface area contributed by atoms with Gasteiger partial charge in [-0.2, -0.15) is 5.10 Å². The lowest BCUT2D eigenvalue weighted by Crippen LogP contribution is -2.07. The zero-order valence-corrected chi connectivity index (χ0v) is 8.85. The fourth-order valence-corrected chi connectivity index (χ4v) is 1.10. The van der Waals surface area contributed by atoms with Crippen LogP contribution >= 0.6 is 0 Å². The Morgan fingerprint density at radius 3 is 3.00 bits per heavy atom. The van der Waals surface area contributed by atoms with Crippen molar-refractivity contribution in [1.82, 2.24) is 9.78 Å². The van der Waals surface area contributed by atoms with Gasteiger partial charge in [0.15, 0.2) is 0 Å². The zero-order valence-electron chi connectivity index (χ0n) is 8.85. The van der Waals surface area contributed by atoms with Gasteiger partial charge in [-0.15, -0.1) is 0 Å². The highest BCUT2D eigenvalue weighted by molar-refractivity contribution is 5.86. The van der Waals surface area contributed by atoms with Crippen LogP contribution in [-0.4, -0.2) is 34.1 Å². The van der Waals surface area contributed by atoms with Crippen molar-refractivity contribution in [3.8, 4) is 0 Å². The van der Waals surface area contributed by atoms with E-state index in [1.54, 1.807) is 4.68 Å². The maximum atomic E-state index is 10.5. The van der Waals surface area contributed by atoms with Crippen molar-refractivity contribution in [2.24, 2.45) is 0 Å². The summed E-state index contributed by atoms with van der Waals surface area (Å²) in [5.41, 5.74) is 0.212. The minimum atomic E-state index is -0.951. The van der Waals surface area contributed by atoms with E-state index in [0.717, 1.165) is 19.4 Å². The van der Waals surface area contributed by atoms with Crippen LogP contribution in [0.2, 0.25) is 0 Å². The molecule has 0 fully saturated rings. The molecular formula is C10H16N2O3. The predicted molar refractivity (Wildman–Crippen MR) is 54.9 cm³/mol. The van der Waals surface area contributed by atoms with Crippen molar-refractivity contribution in [3.05, 3.63) is 18.0 Å². The van der Waals surface area contributed by atoms with Gasteiger partial charge in [0.1, 0.15) is 0 Å². The van der Waals surface area contributed by atoms with E-state index in [0.29, 0.717) is 13.2 Å². The zero-order chi connectivity index (χ0) is 11.1. The lowest BCUT2D eigenvalue weighted by Gasteiger charge is -2.02. The van der Waals surface area contributed by atoms with Gasteiger partial charge in [-0.1, -0.05) is 13.3 Å². The fraction of sp³-hybridized carbons (Fsp3) is 0.600. The van der Waals surface area contributed by atoms with Gasteiger partial charge in [-0.05, 0) is 6.42 Å². The SMILES string of the molecule is CCCCOCCn1cc(C(=O)O)cn1. The molecule has 1 N–H and O–H groups in total. The highest BCUT2D eigenvalue weighted by atomic mass is 16.5. The monoisotopic (exact) mass is 212 g/mol. The molecule has 0 aromatic carbocycles. The Kier molecular flexibility index (Phi) is 4.83. The first-order valence-corrected chi connectivity index (χ1v) is 5.07. The van der Waals surface area contributed by atoms with Crippen LogP contribution in [0, 0.1) is 0 Å². The Hall–Kier alpha value is -1.36.